The summed E-state index contributed by atoms with van der Waals surface area (Å²) in [6.07, 6.45) is -1.61. The zero-order valence-electron chi connectivity index (χ0n) is 15.3. The molecule has 0 saturated carbocycles. The molecule has 31 heavy (non-hydrogen) atoms. The van der Waals surface area contributed by atoms with Gasteiger partial charge >= 0.3 is 23.5 Å². The van der Waals surface area contributed by atoms with E-state index in [0.29, 0.717) is 0 Å². The van der Waals surface area contributed by atoms with Gasteiger partial charge in [-0.15, -0.1) is 12.6 Å². The van der Waals surface area contributed by atoms with Gasteiger partial charge in [-0.05, 0) is 13.0 Å². The van der Waals surface area contributed by atoms with Crippen molar-refractivity contribution in [1.82, 2.24) is 4.90 Å². The number of phosphoric acid groups is 3. The number of nitrogens with zero attached hydrogens (tertiary/aromatic N) is 2. The van der Waals surface area contributed by atoms with Gasteiger partial charge in [0.25, 0.3) is 5.85 Å². The van der Waals surface area contributed by atoms with E-state index in [9.17, 15) is 28.8 Å². The molecule has 0 bridgehead atoms. The summed E-state index contributed by atoms with van der Waals surface area (Å²) in [6.45, 7) is -0.685. The minimum absolute atomic E-state index is 0.0496. The predicted octanol–water partition coefficient (Wildman–Crippen LogP) is -1.14. The molecule has 1 saturated heterocycles. The molecule has 0 aromatic heterocycles. The maximum absolute atomic E-state index is 15.2. The van der Waals surface area contributed by atoms with Crippen LogP contribution in [0.25, 0.3) is 0 Å². The van der Waals surface area contributed by atoms with Gasteiger partial charge in [0.2, 0.25) is 0 Å². The molecule has 4 unspecified atom stereocenters. The zero-order chi connectivity index (χ0) is 24.0. The van der Waals surface area contributed by atoms with Crippen molar-refractivity contribution in [2.24, 2.45) is 10.7 Å². The number of halogens is 1. The molecule has 2 aliphatic rings. The second-order valence-electron chi connectivity index (χ2n) is 6.41. The molecule has 0 aromatic rings. The first-order valence-corrected chi connectivity index (χ1v) is 12.8. The molecule has 8 N–H and O–H groups in total. The first-order chi connectivity index (χ1) is 13.8. The van der Waals surface area contributed by atoms with Gasteiger partial charge in [-0.2, -0.15) is 8.62 Å². The SMILES string of the molecule is CC1(O)[C@@H](O)[C@@](F)(COP(=O)(O)OP(=O)(O)OP(=O)(O)O)O[C@H]1N1C=CC(N)=NC1S. The third-order valence-electron chi connectivity index (χ3n) is 3.83. The molecule has 21 heteroatoms. The number of alkyl halides is 1. The molecule has 1 fully saturated rings. The monoisotopic (exact) mass is 533 g/mol. The lowest BCUT2D eigenvalue weighted by atomic mass is 9.95. The van der Waals surface area contributed by atoms with Crippen LogP contribution in [0.2, 0.25) is 0 Å². The van der Waals surface area contributed by atoms with E-state index in [0.717, 1.165) is 11.8 Å². The van der Waals surface area contributed by atoms with E-state index >= 15 is 4.39 Å². The van der Waals surface area contributed by atoms with Gasteiger partial charge in [0.15, 0.2) is 11.7 Å². The standard InChI is InChI=1S/C10H19FN3O13P3S/c1-9(16)6(15)10(11,25-7(9)14-3-2-5(12)13-8(14)31)4-24-29(20,21)27-30(22,23)26-28(17,18)19/h2-3,6-8,15-16,31H,4H2,1H3,(H2,12,13)(H,20,21)(H,22,23)(H2,17,18,19)/t6-,7-,8?,9?,10-/m1/s1. The summed E-state index contributed by atoms with van der Waals surface area (Å²) < 4.78 is 64.9. The maximum atomic E-state index is 15.2. The summed E-state index contributed by atoms with van der Waals surface area (Å²) in [7, 11) is -17.2. The molecule has 0 amide bonds. The first-order valence-electron chi connectivity index (χ1n) is 7.80. The van der Waals surface area contributed by atoms with Gasteiger partial charge < -0.3 is 45.2 Å². The van der Waals surface area contributed by atoms with E-state index in [-0.39, 0.29) is 5.84 Å². The van der Waals surface area contributed by atoms with Crippen molar-refractivity contribution in [2.45, 2.75) is 36.2 Å². The summed E-state index contributed by atoms with van der Waals surface area (Å²) in [6, 6.07) is 0. The molecular formula is C10H19FN3O13P3S. The summed E-state index contributed by atoms with van der Waals surface area (Å²) in [5.74, 6) is -3.33. The second-order valence-corrected chi connectivity index (χ2v) is 11.3. The number of aliphatic imine (C=N–C) groups is 1. The Morgan fingerprint density at radius 2 is 1.87 bits per heavy atom. The first kappa shape index (κ1) is 26.8. The Labute approximate surface area is 179 Å². The highest BCUT2D eigenvalue weighted by molar-refractivity contribution is 7.80. The molecule has 2 rings (SSSR count). The lowest BCUT2D eigenvalue weighted by molar-refractivity contribution is -0.210. The van der Waals surface area contributed by atoms with E-state index < -0.39 is 59.4 Å². The minimum atomic E-state index is -5.84. The highest BCUT2D eigenvalue weighted by atomic mass is 32.1. The van der Waals surface area contributed by atoms with Crippen molar-refractivity contribution in [3.05, 3.63) is 12.3 Å². The van der Waals surface area contributed by atoms with Crippen LogP contribution >= 0.6 is 36.1 Å². The fraction of sp³-hybridized carbons (Fsp3) is 0.700. The number of hydrogen-bond donors (Lipinski definition) is 8. The Balaban J connectivity index is 2.14. The Morgan fingerprint density at radius 1 is 1.29 bits per heavy atom. The van der Waals surface area contributed by atoms with E-state index in [4.69, 9.17) is 25.2 Å². The van der Waals surface area contributed by atoms with Gasteiger partial charge in [0, 0.05) is 6.20 Å². The Bertz CT molecular complexity index is 913. The van der Waals surface area contributed by atoms with Gasteiger partial charge in [-0.1, -0.05) is 0 Å². The van der Waals surface area contributed by atoms with E-state index in [2.05, 4.69) is 30.8 Å². The maximum Gasteiger partial charge on any atom is 0.490 e. The summed E-state index contributed by atoms with van der Waals surface area (Å²) in [5.41, 5.74) is 2.04. The molecule has 0 radical (unpaired) electrons. The van der Waals surface area contributed by atoms with Crippen LogP contribution in [0.1, 0.15) is 6.92 Å². The third kappa shape index (κ3) is 6.56. The van der Waals surface area contributed by atoms with Crippen molar-refractivity contribution in [3.63, 3.8) is 0 Å². The largest absolute Gasteiger partial charge is 0.490 e. The van der Waals surface area contributed by atoms with Crippen LogP contribution in [0.5, 0.6) is 0 Å². The smallest absolute Gasteiger partial charge is 0.384 e. The molecule has 0 aliphatic carbocycles. The van der Waals surface area contributed by atoms with Crippen LogP contribution < -0.4 is 5.73 Å². The highest BCUT2D eigenvalue weighted by Crippen LogP contribution is 2.66. The Morgan fingerprint density at radius 3 is 2.39 bits per heavy atom. The second kappa shape index (κ2) is 8.74. The lowest BCUT2D eigenvalue weighted by Crippen LogP contribution is -2.54. The predicted molar refractivity (Wildman–Crippen MR) is 101 cm³/mol. The van der Waals surface area contributed by atoms with Gasteiger partial charge in [0.1, 0.15) is 24.1 Å². The topological polar surface area (TPSA) is 251 Å². The number of aliphatic hydroxyl groups is 2. The van der Waals surface area contributed by atoms with Crippen molar-refractivity contribution in [3.8, 4) is 0 Å². The van der Waals surface area contributed by atoms with Gasteiger partial charge in [0.05, 0.1) is 0 Å². The third-order valence-corrected chi connectivity index (χ3v) is 7.99. The number of thiol groups is 1. The fourth-order valence-electron chi connectivity index (χ4n) is 2.57. The number of rotatable bonds is 8. The minimum Gasteiger partial charge on any atom is -0.384 e. The highest BCUT2D eigenvalue weighted by Gasteiger charge is 2.64. The molecule has 0 spiro atoms. The molecule has 2 aliphatic heterocycles. The summed E-state index contributed by atoms with van der Waals surface area (Å²) >= 11 is 4.07. The average Bonchev–Trinajstić information content (AvgIpc) is 2.71. The van der Waals surface area contributed by atoms with Crippen molar-refractivity contribution < 1.29 is 65.8 Å². The van der Waals surface area contributed by atoms with Crippen LogP contribution in [-0.4, -0.2) is 76.4 Å². The molecular weight excluding hydrogens is 514 g/mol. The van der Waals surface area contributed by atoms with E-state index in [1.807, 2.05) is 0 Å². The Hall–Kier alpha value is -0.420. The van der Waals surface area contributed by atoms with Crippen molar-refractivity contribution in [2.75, 3.05) is 6.61 Å². The molecule has 7 atom stereocenters. The van der Waals surface area contributed by atoms with E-state index in [1.54, 1.807) is 0 Å². The van der Waals surface area contributed by atoms with Crippen LogP contribution in [0.15, 0.2) is 17.3 Å². The molecule has 180 valence electrons. The van der Waals surface area contributed by atoms with Gasteiger partial charge in [-0.3, -0.25) is 4.52 Å². The number of phosphoric ester groups is 1. The fourth-order valence-corrected chi connectivity index (χ4v) is 5.94. The van der Waals surface area contributed by atoms with Crippen LogP contribution in [0.4, 0.5) is 4.39 Å². The van der Waals surface area contributed by atoms with E-state index in [1.165, 1.54) is 12.3 Å². The number of aliphatic hydroxyl groups excluding tert-OH is 1. The van der Waals surface area contributed by atoms with Crippen LogP contribution in [0.3, 0.4) is 0 Å². The van der Waals surface area contributed by atoms with Crippen LogP contribution in [-0.2, 0) is 31.6 Å². The van der Waals surface area contributed by atoms with Crippen LogP contribution in [0, 0.1) is 0 Å². The van der Waals surface area contributed by atoms with Crippen molar-refractivity contribution in [1.29, 1.82) is 0 Å². The quantitative estimate of drug-likeness (QED) is 0.136. The molecule has 0 aromatic carbocycles. The lowest BCUT2D eigenvalue weighted by Gasteiger charge is -2.37. The molecule has 16 nitrogen and oxygen atoms in total. The number of amidine groups is 1. The Kier molecular flexibility index (Phi) is 7.56. The zero-order valence-corrected chi connectivity index (χ0v) is 18.9. The summed E-state index contributed by atoms with van der Waals surface area (Å²) in [4.78, 5) is 40.3. The molecule has 2 heterocycles. The summed E-state index contributed by atoms with van der Waals surface area (Å²) in [5, 5.41) is 20.7. The van der Waals surface area contributed by atoms with Gasteiger partial charge in [-0.25, -0.2) is 23.1 Å². The average molecular weight is 533 g/mol. The number of ether oxygens (including phenoxy) is 1. The normalized spacial score (nSPS) is 37.9. The number of hydrogen-bond acceptors (Lipinski definition) is 13. The number of nitrogens with two attached hydrogens (primary N) is 1. The van der Waals surface area contributed by atoms with Crippen molar-refractivity contribution >= 4 is 41.9 Å².